The summed E-state index contributed by atoms with van der Waals surface area (Å²) in [6, 6.07) is 0. The van der Waals surface area contributed by atoms with Gasteiger partial charge in [-0.2, -0.15) is 17.1 Å². The van der Waals surface area contributed by atoms with Crippen LogP contribution < -0.4 is 18.9 Å². The summed E-state index contributed by atoms with van der Waals surface area (Å²) in [6.07, 6.45) is 0. The number of hydrogen-bond donors (Lipinski definition) is 0. The van der Waals surface area contributed by atoms with Crippen molar-refractivity contribution in [1.29, 1.82) is 0 Å². The summed E-state index contributed by atoms with van der Waals surface area (Å²) in [5.74, 6) is 0. The van der Waals surface area contributed by atoms with E-state index in [0.29, 0.717) is 70.0 Å². The molecule has 0 aromatic carbocycles. The average molecular weight is 663 g/mol. The molecule has 0 bridgehead atoms. The van der Waals surface area contributed by atoms with Crippen molar-refractivity contribution in [1.82, 2.24) is 0 Å². The van der Waals surface area contributed by atoms with Gasteiger partial charge < -0.3 is 35.2 Å². The van der Waals surface area contributed by atoms with E-state index >= 15 is 0 Å². The maximum absolute atomic E-state index is 9.64. The zero-order chi connectivity index (χ0) is 34.2. The topological polar surface area (TPSA) is 104 Å². The molecule has 0 aromatic heterocycles. The largest absolute Gasteiger partial charge is 2.00 e. The minimum Gasteiger partial charge on any atom is -0.810 e. The third-order valence-corrected chi connectivity index (χ3v) is 5.75. The van der Waals surface area contributed by atoms with E-state index in [-0.39, 0.29) is 68.1 Å². The molecule has 9 heteroatoms. The Morgan fingerprint density at radius 1 is 0.318 bits per heavy atom. The molecular formula is C35H70CoLiN3O4. The second-order valence-electron chi connectivity index (χ2n) is 17.0. The Bertz CT molecular complexity index is 600. The second kappa shape index (κ2) is 23.3. The third-order valence-electron chi connectivity index (χ3n) is 5.75. The molecule has 1 rings (SSSR count). The molecule has 0 unspecified atom stereocenters. The SMILES string of the molecule is C1COCCOCCOCCO1.CC(C)(C)C(=[N-])C(C)(C)C.CC(C)(C)C(=[N-])C(C)(C)C.CC(C)(C)C(=[N-])C(C)(C)C.[Co+2].[Li+]. The molecule has 0 aromatic rings. The fourth-order valence-corrected chi connectivity index (χ4v) is 4.25. The minimum absolute atomic E-state index is 0. The summed E-state index contributed by atoms with van der Waals surface area (Å²) in [5, 5.41) is 28.9. The molecule has 0 amide bonds. The first-order valence-corrected chi connectivity index (χ1v) is 15.5. The number of hydrogen-bond acceptors (Lipinski definition) is 4. The van der Waals surface area contributed by atoms with Crippen LogP contribution in [-0.4, -0.2) is 70.0 Å². The average Bonchev–Trinajstić information content (AvgIpc) is 2.75. The Morgan fingerprint density at radius 3 is 0.455 bits per heavy atom. The van der Waals surface area contributed by atoms with Crippen LogP contribution in [-0.2, 0) is 35.7 Å². The van der Waals surface area contributed by atoms with E-state index in [1.165, 1.54) is 0 Å². The molecule has 1 saturated heterocycles. The predicted octanol–water partition coefficient (Wildman–Crippen LogP) is 6.33. The van der Waals surface area contributed by atoms with Crippen LogP contribution >= 0.6 is 0 Å². The molecule has 259 valence electrons. The van der Waals surface area contributed by atoms with Gasteiger partial charge in [-0.05, 0) is 32.5 Å². The van der Waals surface area contributed by atoms with E-state index in [0.717, 1.165) is 0 Å². The molecular weight excluding hydrogens is 592 g/mol. The fraction of sp³-hybridized carbons (Fsp3) is 0.914. The van der Waals surface area contributed by atoms with Gasteiger partial charge in [-0.25, -0.2) is 0 Å². The summed E-state index contributed by atoms with van der Waals surface area (Å²) in [4.78, 5) is 0. The maximum Gasteiger partial charge on any atom is 2.00 e. The molecule has 7 nitrogen and oxygen atoms in total. The van der Waals surface area contributed by atoms with Crippen LogP contribution in [0.1, 0.15) is 125 Å². The van der Waals surface area contributed by atoms with Gasteiger partial charge in [0.25, 0.3) is 0 Å². The van der Waals surface area contributed by atoms with Gasteiger partial charge in [0, 0.05) is 0 Å². The molecule has 0 saturated carbocycles. The second-order valence-corrected chi connectivity index (χ2v) is 17.0. The molecule has 0 spiro atoms. The van der Waals surface area contributed by atoms with Gasteiger partial charge in [0.1, 0.15) is 0 Å². The van der Waals surface area contributed by atoms with Gasteiger partial charge in [0.15, 0.2) is 0 Å². The van der Waals surface area contributed by atoms with E-state index in [1.54, 1.807) is 0 Å². The Labute approximate surface area is 296 Å². The molecule has 1 radical (unpaired) electrons. The summed E-state index contributed by atoms with van der Waals surface area (Å²) in [5.41, 5.74) is 1.20. The monoisotopic (exact) mass is 662 g/mol. The third kappa shape index (κ3) is 30.6. The molecule has 1 aliphatic rings. The molecule has 0 atom stereocenters. The van der Waals surface area contributed by atoms with Crippen LogP contribution in [0.3, 0.4) is 0 Å². The van der Waals surface area contributed by atoms with Crippen molar-refractivity contribution in [2.45, 2.75) is 125 Å². The van der Waals surface area contributed by atoms with Crippen LogP contribution in [0.4, 0.5) is 0 Å². The van der Waals surface area contributed by atoms with Crippen LogP contribution in [0.2, 0.25) is 0 Å². The standard InChI is InChI=1S/3C9H18N.C8H16O4.Co.Li/c3*1-8(2,3)7(10)9(4,5)6;1-2-10-5-6-12-8-7-11-4-3-9-1;;/h3*1-6H3;1-8H2;;/q3*-1;;+2;+1. The van der Waals surface area contributed by atoms with E-state index in [2.05, 4.69) is 0 Å². The first-order valence-electron chi connectivity index (χ1n) is 15.5. The van der Waals surface area contributed by atoms with Crippen LogP contribution in [0.5, 0.6) is 0 Å². The number of rotatable bonds is 0. The van der Waals surface area contributed by atoms with Crippen molar-refractivity contribution in [2.24, 2.45) is 32.5 Å². The predicted molar refractivity (Wildman–Crippen MR) is 185 cm³/mol. The summed E-state index contributed by atoms with van der Waals surface area (Å²) in [7, 11) is 0. The number of nitrogens with zero attached hydrogens (tertiary/aromatic N) is 3. The maximum atomic E-state index is 9.64. The van der Waals surface area contributed by atoms with Gasteiger partial charge >= 0.3 is 35.6 Å². The molecule has 1 aliphatic heterocycles. The van der Waals surface area contributed by atoms with E-state index in [9.17, 15) is 16.2 Å². The summed E-state index contributed by atoms with van der Waals surface area (Å²) < 4.78 is 20.9. The Hall–Kier alpha value is -0.0461. The van der Waals surface area contributed by atoms with E-state index in [4.69, 9.17) is 18.9 Å². The first-order chi connectivity index (χ1) is 18.5. The van der Waals surface area contributed by atoms with Crippen molar-refractivity contribution in [3.8, 4) is 0 Å². The first kappa shape index (κ1) is 53.4. The molecule has 1 heterocycles. The Morgan fingerprint density at radius 2 is 0.409 bits per heavy atom. The Kier molecular flexibility index (Phi) is 28.3. The van der Waals surface area contributed by atoms with E-state index in [1.807, 2.05) is 125 Å². The molecule has 0 N–H and O–H groups in total. The van der Waals surface area contributed by atoms with Crippen LogP contribution in [0.15, 0.2) is 0 Å². The molecule has 0 aliphatic carbocycles. The minimum atomic E-state index is -0.0851. The van der Waals surface area contributed by atoms with Crippen molar-refractivity contribution in [2.75, 3.05) is 52.9 Å². The van der Waals surface area contributed by atoms with Gasteiger partial charge in [-0.15, -0.1) is 0 Å². The smallest absolute Gasteiger partial charge is 0.810 e. The van der Waals surface area contributed by atoms with E-state index < -0.39 is 0 Å². The number of ether oxygens (including phenoxy) is 4. The van der Waals surface area contributed by atoms with Crippen molar-refractivity contribution >= 4 is 17.1 Å². The molecule has 44 heavy (non-hydrogen) atoms. The zero-order valence-electron chi connectivity index (χ0n) is 32.5. The van der Waals surface area contributed by atoms with Crippen molar-refractivity contribution in [3.63, 3.8) is 0 Å². The van der Waals surface area contributed by atoms with Crippen LogP contribution in [0.25, 0.3) is 16.2 Å². The summed E-state index contributed by atoms with van der Waals surface area (Å²) >= 11 is 0. The van der Waals surface area contributed by atoms with Gasteiger partial charge in [-0.1, -0.05) is 125 Å². The zero-order valence-corrected chi connectivity index (χ0v) is 33.5. The fourth-order valence-electron chi connectivity index (χ4n) is 4.25. The normalized spacial score (nSPS) is 15.7. The van der Waals surface area contributed by atoms with Crippen molar-refractivity contribution in [3.05, 3.63) is 16.2 Å². The van der Waals surface area contributed by atoms with Crippen LogP contribution in [0, 0.1) is 32.5 Å². The quantitative estimate of drug-likeness (QED) is 0.223. The Balaban J connectivity index is -0.000000152. The molecule has 1 fully saturated rings. The van der Waals surface area contributed by atoms with Gasteiger partial charge in [0.05, 0.1) is 52.9 Å². The van der Waals surface area contributed by atoms with Crippen molar-refractivity contribution < 1.29 is 54.6 Å². The van der Waals surface area contributed by atoms with Gasteiger partial charge in [0.2, 0.25) is 0 Å². The van der Waals surface area contributed by atoms with Gasteiger partial charge in [-0.3, -0.25) is 0 Å². The summed E-state index contributed by atoms with van der Waals surface area (Å²) in [6.45, 7) is 41.5.